The average Bonchev–Trinajstić information content (AvgIpc) is 3.24. The first kappa shape index (κ1) is 31.5. The van der Waals surface area contributed by atoms with E-state index < -0.39 is 63.2 Å². The fourth-order valence-electron chi connectivity index (χ4n) is 3.78. The molecule has 2 aromatic carbocycles. The quantitative estimate of drug-likeness (QED) is 0.290. The first-order valence-corrected chi connectivity index (χ1v) is 14.1. The van der Waals surface area contributed by atoms with E-state index >= 15 is 0 Å². The van der Waals surface area contributed by atoms with Gasteiger partial charge in [0.25, 0.3) is 10.0 Å². The Morgan fingerprint density at radius 2 is 1.62 bits per heavy atom. The van der Waals surface area contributed by atoms with E-state index in [4.69, 9.17) is 0 Å². The second-order valence-corrected chi connectivity index (χ2v) is 12.1. The van der Waals surface area contributed by atoms with Crippen LogP contribution in [0.1, 0.15) is 36.6 Å². The molecule has 1 aliphatic heterocycles. The van der Waals surface area contributed by atoms with Crippen LogP contribution in [0.4, 0.5) is 26.3 Å². The van der Waals surface area contributed by atoms with E-state index in [0.717, 1.165) is 41.4 Å². The van der Waals surface area contributed by atoms with Crippen LogP contribution in [-0.2, 0) is 21.2 Å². The number of halogens is 6. The lowest BCUT2D eigenvalue weighted by Gasteiger charge is -2.17. The van der Waals surface area contributed by atoms with Gasteiger partial charge in [0.05, 0.1) is 0 Å². The smallest absolute Gasteiger partial charge is 0.422 e. The molecular weight excluding hydrogens is 588 g/mol. The summed E-state index contributed by atoms with van der Waals surface area (Å²) >= 11 is 0.891. The summed E-state index contributed by atoms with van der Waals surface area (Å²) in [4.78, 5) is 10.6. The number of sulfonamides is 1. The summed E-state index contributed by atoms with van der Waals surface area (Å²) in [6, 6.07) is 9.50. The molecule has 1 aliphatic rings. The normalized spacial score (nSPS) is 16.4. The maximum absolute atomic E-state index is 13.3. The molecule has 3 rings (SSSR count). The van der Waals surface area contributed by atoms with Crippen LogP contribution >= 0.6 is 11.8 Å². The summed E-state index contributed by atoms with van der Waals surface area (Å²) in [5, 5.41) is 9.20. The number of hydrogen-bond acceptors (Lipinski definition) is 6. The maximum atomic E-state index is 13.3. The molecule has 0 bridgehead atoms. The molecule has 2 aromatic rings. The van der Waals surface area contributed by atoms with Crippen LogP contribution in [-0.4, -0.2) is 45.1 Å². The Balaban J connectivity index is 1.90. The van der Waals surface area contributed by atoms with E-state index in [1.54, 1.807) is 12.1 Å². The molecule has 7 nitrogen and oxygen atoms in total. The van der Waals surface area contributed by atoms with Crippen molar-refractivity contribution in [2.75, 3.05) is 13.2 Å². The zero-order valence-corrected chi connectivity index (χ0v) is 22.7. The summed E-state index contributed by atoms with van der Waals surface area (Å²) in [6.07, 6.45) is -8.88. The molecular formula is C25H25F6NO6S2. The number of carbonyl (C=O) groups is 1. The number of alkyl halides is 6. The largest absolute Gasteiger partial charge is 0.484 e. The van der Waals surface area contributed by atoms with Crippen LogP contribution in [0.25, 0.3) is 0 Å². The van der Waals surface area contributed by atoms with Crippen LogP contribution in [0.5, 0.6) is 11.5 Å². The van der Waals surface area contributed by atoms with E-state index in [-0.39, 0.29) is 17.0 Å². The van der Waals surface area contributed by atoms with Gasteiger partial charge in [-0.25, -0.2) is 13.2 Å². The summed E-state index contributed by atoms with van der Waals surface area (Å²) in [6.45, 7) is 0.442. The lowest BCUT2D eigenvalue weighted by Crippen LogP contribution is -2.26. The van der Waals surface area contributed by atoms with Gasteiger partial charge in [-0.05, 0) is 35.6 Å². The minimum Gasteiger partial charge on any atom is -0.484 e. The van der Waals surface area contributed by atoms with E-state index in [9.17, 15) is 44.7 Å². The second-order valence-electron chi connectivity index (χ2n) is 9.28. The number of rotatable bonds is 11. The number of ether oxygens (including phenoxy) is 2. The number of carboxylic acids is 1. The Morgan fingerprint density at radius 3 is 2.17 bits per heavy atom. The van der Waals surface area contributed by atoms with Crippen molar-refractivity contribution in [3.05, 3.63) is 64.2 Å². The van der Waals surface area contributed by atoms with E-state index in [2.05, 4.69) is 28.0 Å². The van der Waals surface area contributed by atoms with Gasteiger partial charge in [-0.15, -0.1) is 11.8 Å². The molecule has 0 fully saturated rings. The number of allylic oxidation sites excluding steroid dienone is 1. The number of thioether (sulfide) groups is 1. The highest BCUT2D eigenvalue weighted by molar-refractivity contribution is 8.04. The van der Waals surface area contributed by atoms with Gasteiger partial charge < -0.3 is 14.6 Å². The highest BCUT2D eigenvalue weighted by atomic mass is 32.2. The summed E-state index contributed by atoms with van der Waals surface area (Å²) < 4.78 is 114. The molecule has 0 amide bonds. The SMILES string of the molecule is CC(C)Cc1ccc(C2CC(NS(=O)(=O)c3cc(OCC(F)(F)F)ccc3OCC(F)(F)F)=C(C(=O)O)S2)cc1. The average molecular weight is 614 g/mol. The Kier molecular flexibility index (Phi) is 9.60. The molecule has 40 heavy (non-hydrogen) atoms. The third kappa shape index (κ3) is 8.98. The Labute approximate surface area is 230 Å². The fraction of sp³-hybridized carbons (Fsp3) is 0.400. The lowest BCUT2D eigenvalue weighted by molar-refractivity contribution is -0.154. The summed E-state index contributed by atoms with van der Waals surface area (Å²) in [7, 11) is -4.85. The van der Waals surface area contributed by atoms with Gasteiger partial charge >= 0.3 is 18.3 Å². The monoisotopic (exact) mass is 613 g/mol. The molecule has 0 saturated heterocycles. The third-order valence-electron chi connectivity index (χ3n) is 5.37. The van der Waals surface area contributed by atoms with Gasteiger partial charge in [-0.3, -0.25) is 4.72 Å². The van der Waals surface area contributed by atoms with E-state index in [1.165, 1.54) is 0 Å². The zero-order chi connectivity index (χ0) is 29.9. The summed E-state index contributed by atoms with van der Waals surface area (Å²) in [5.41, 5.74) is 1.55. The predicted molar refractivity (Wildman–Crippen MR) is 134 cm³/mol. The molecule has 1 heterocycles. The minimum atomic E-state index is -4.85. The molecule has 0 saturated carbocycles. The standard InChI is InChI=1S/C25H25F6NO6S2/c1-14(2)9-15-3-5-16(6-4-15)20-11-18(22(39-20)23(33)34)32-40(35,36)21-10-17(37-12-24(26,27)28)7-8-19(21)38-13-25(29,30)31/h3-8,10,14,20,32H,9,11-13H2,1-2H3,(H,33,34). The highest BCUT2D eigenvalue weighted by Crippen LogP contribution is 2.47. The molecule has 0 aromatic heterocycles. The van der Waals surface area contributed by atoms with Gasteiger partial charge in [0.1, 0.15) is 21.3 Å². The number of nitrogens with one attached hydrogen (secondary N) is 1. The van der Waals surface area contributed by atoms with Crippen LogP contribution in [0.2, 0.25) is 0 Å². The van der Waals surface area contributed by atoms with Crippen molar-refractivity contribution in [1.29, 1.82) is 0 Å². The lowest BCUT2D eigenvalue weighted by atomic mass is 10.00. The van der Waals surface area contributed by atoms with Crippen molar-refractivity contribution in [2.24, 2.45) is 5.92 Å². The third-order valence-corrected chi connectivity index (χ3v) is 8.16. The number of carboxylic acid groups (broad SMARTS) is 1. The highest BCUT2D eigenvalue weighted by Gasteiger charge is 2.35. The van der Waals surface area contributed by atoms with Crippen molar-refractivity contribution in [1.82, 2.24) is 4.72 Å². The van der Waals surface area contributed by atoms with Crippen molar-refractivity contribution >= 4 is 27.8 Å². The molecule has 0 spiro atoms. The maximum Gasteiger partial charge on any atom is 0.422 e. The first-order chi connectivity index (χ1) is 18.4. The summed E-state index contributed by atoms with van der Waals surface area (Å²) in [5.74, 6) is -2.44. The fourth-order valence-corrected chi connectivity index (χ4v) is 6.33. The molecule has 1 atom stereocenters. The Bertz CT molecular complexity index is 1360. The van der Waals surface area contributed by atoms with E-state index in [0.29, 0.717) is 12.0 Å². The van der Waals surface area contributed by atoms with Crippen molar-refractivity contribution in [3.8, 4) is 11.5 Å². The topological polar surface area (TPSA) is 102 Å². The second kappa shape index (κ2) is 12.2. The van der Waals surface area contributed by atoms with Gasteiger partial charge in [-0.1, -0.05) is 38.1 Å². The van der Waals surface area contributed by atoms with Crippen molar-refractivity contribution in [3.63, 3.8) is 0 Å². The molecule has 2 N–H and O–H groups in total. The van der Waals surface area contributed by atoms with Crippen molar-refractivity contribution in [2.45, 2.75) is 49.2 Å². The van der Waals surface area contributed by atoms with Gasteiger partial charge in [0.2, 0.25) is 0 Å². The number of benzene rings is 2. The van der Waals surface area contributed by atoms with Gasteiger partial charge in [-0.2, -0.15) is 26.3 Å². The molecule has 0 radical (unpaired) electrons. The number of aliphatic carboxylic acids is 1. The predicted octanol–water partition coefficient (Wildman–Crippen LogP) is 6.22. The van der Waals surface area contributed by atoms with E-state index in [1.807, 2.05) is 12.1 Å². The van der Waals surface area contributed by atoms with Crippen LogP contribution in [0.3, 0.4) is 0 Å². The van der Waals surface area contributed by atoms with Crippen LogP contribution in [0.15, 0.2) is 58.0 Å². The van der Waals surface area contributed by atoms with Crippen molar-refractivity contribution < 1.29 is 54.1 Å². The first-order valence-electron chi connectivity index (χ1n) is 11.7. The molecule has 15 heteroatoms. The Hall–Kier alpha value is -3.07. The van der Waals surface area contributed by atoms with Crippen LogP contribution in [0, 0.1) is 5.92 Å². The van der Waals surface area contributed by atoms with Gasteiger partial charge in [0, 0.05) is 23.4 Å². The van der Waals surface area contributed by atoms with Crippen LogP contribution < -0.4 is 14.2 Å². The number of hydrogen-bond donors (Lipinski definition) is 2. The molecule has 0 aliphatic carbocycles. The Morgan fingerprint density at radius 1 is 1.02 bits per heavy atom. The minimum absolute atomic E-state index is 0.0853. The zero-order valence-electron chi connectivity index (χ0n) is 21.1. The molecule has 220 valence electrons. The van der Waals surface area contributed by atoms with Gasteiger partial charge in [0.15, 0.2) is 13.2 Å². The molecule has 1 unspecified atom stereocenters.